The number of benzene rings is 1. The van der Waals surface area contributed by atoms with Crippen molar-refractivity contribution in [1.82, 2.24) is 9.78 Å². The van der Waals surface area contributed by atoms with Crippen LogP contribution in [0.1, 0.15) is 57.7 Å². The Kier molecular flexibility index (Phi) is 5.19. The molecule has 0 unspecified atom stereocenters. The topological polar surface area (TPSA) is 61.2 Å². The van der Waals surface area contributed by atoms with Gasteiger partial charge in [-0.3, -0.25) is 9.59 Å². The van der Waals surface area contributed by atoms with Crippen LogP contribution in [-0.2, 0) is 16.1 Å². The largest absolute Gasteiger partial charge is 0.465 e. The van der Waals surface area contributed by atoms with E-state index in [-0.39, 0.29) is 24.6 Å². The van der Waals surface area contributed by atoms with Crippen molar-refractivity contribution < 1.29 is 9.53 Å². The Labute approximate surface area is 136 Å². The zero-order valence-corrected chi connectivity index (χ0v) is 14.4. The molecule has 0 aliphatic carbocycles. The van der Waals surface area contributed by atoms with Crippen LogP contribution in [0.15, 0.2) is 23.0 Å². The summed E-state index contributed by atoms with van der Waals surface area (Å²) in [5, 5.41) is 5.89. The zero-order valence-electron chi connectivity index (χ0n) is 14.4. The van der Waals surface area contributed by atoms with E-state index in [1.165, 1.54) is 10.2 Å². The Morgan fingerprint density at radius 2 is 1.87 bits per heavy atom. The molecule has 5 nitrogen and oxygen atoms in total. The van der Waals surface area contributed by atoms with Crippen LogP contribution >= 0.6 is 0 Å². The second-order valence-corrected chi connectivity index (χ2v) is 6.27. The molecule has 1 aromatic heterocycles. The van der Waals surface area contributed by atoms with Crippen molar-refractivity contribution >= 4 is 16.7 Å². The van der Waals surface area contributed by atoms with Crippen molar-refractivity contribution in [3.8, 4) is 0 Å². The second kappa shape index (κ2) is 6.94. The molecule has 0 amide bonds. The lowest BCUT2D eigenvalue weighted by atomic mass is 9.96. The van der Waals surface area contributed by atoms with Gasteiger partial charge in [-0.15, -0.1) is 0 Å². The number of aromatic nitrogens is 2. The fraction of sp³-hybridized carbons (Fsp3) is 0.500. The fourth-order valence-corrected chi connectivity index (χ4v) is 2.55. The van der Waals surface area contributed by atoms with Gasteiger partial charge in [0.05, 0.1) is 17.7 Å². The number of carbonyl (C=O) groups is 1. The predicted molar refractivity (Wildman–Crippen MR) is 90.8 cm³/mol. The summed E-state index contributed by atoms with van der Waals surface area (Å²) in [6, 6.07) is 5.84. The third kappa shape index (κ3) is 3.60. The van der Waals surface area contributed by atoms with Crippen molar-refractivity contribution in [2.24, 2.45) is 0 Å². The van der Waals surface area contributed by atoms with Crippen LogP contribution in [0.25, 0.3) is 10.8 Å². The first-order chi connectivity index (χ1) is 10.8. The lowest BCUT2D eigenvalue weighted by molar-refractivity contribution is -0.144. The van der Waals surface area contributed by atoms with Crippen molar-refractivity contribution in [1.29, 1.82) is 0 Å². The Balaban J connectivity index is 2.64. The van der Waals surface area contributed by atoms with Crippen molar-refractivity contribution in [3.63, 3.8) is 0 Å². The van der Waals surface area contributed by atoms with E-state index >= 15 is 0 Å². The van der Waals surface area contributed by atoms with Gasteiger partial charge in [-0.05, 0) is 36.5 Å². The molecule has 0 bridgehead atoms. The number of esters is 1. The molecule has 0 saturated heterocycles. The Bertz CT molecular complexity index is 776. The molecule has 0 saturated carbocycles. The van der Waals surface area contributed by atoms with E-state index in [1.54, 1.807) is 6.92 Å². The fourth-order valence-electron chi connectivity index (χ4n) is 2.55. The first-order valence-corrected chi connectivity index (χ1v) is 8.05. The summed E-state index contributed by atoms with van der Waals surface area (Å²) >= 11 is 0. The van der Waals surface area contributed by atoms with E-state index in [2.05, 4.69) is 18.9 Å². The van der Waals surface area contributed by atoms with E-state index in [9.17, 15) is 9.59 Å². The number of nitrogens with zero attached hydrogens (tertiary/aromatic N) is 2. The van der Waals surface area contributed by atoms with Crippen LogP contribution in [0.5, 0.6) is 0 Å². The van der Waals surface area contributed by atoms with Gasteiger partial charge in [0.25, 0.3) is 5.56 Å². The summed E-state index contributed by atoms with van der Waals surface area (Å²) in [5.41, 5.74) is 1.74. The van der Waals surface area contributed by atoms with Gasteiger partial charge in [0, 0.05) is 5.39 Å². The predicted octanol–water partition coefficient (Wildman–Crippen LogP) is 3.21. The molecule has 0 aliphatic heterocycles. The van der Waals surface area contributed by atoms with Gasteiger partial charge in [-0.25, -0.2) is 4.68 Å². The Hall–Kier alpha value is -2.17. The van der Waals surface area contributed by atoms with Crippen molar-refractivity contribution in [3.05, 3.63) is 39.8 Å². The number of ether oxygens (including phenoxy) is 1. The molecular weight excluding hydrogens is 292 g/mol. The molecule has 5 heteroatoms. The number of hydrogen-bond acceptors (Lipinski definition) is 4. The molecule has 0 radical (unpaired) electrons. The summed E-state index contributed by atoms with van der Waals surface area (Å²) in [6.45, 7) is 10.2. The molecule has 0 atom stereocenters. The third-order valence-electron chi connectivity index (χ3n) is 3.81. The molecule has 1 aromatic carbocycles. The van der Waals surface area contributed by atoms with E-state index in [1.807, 2.05) is 32.0 Å². The van der Waals surface area contributed by atoms with Gasteiger partial charge in [-0.1, -0.05) is 33.8 Å². The molecule has 1 heterocycles. The number of carbonyl (C=O) groups excluding carboxylic acids is 1. The van der Waals surface area contributed by atoms with Gasteiger partial charge < -0.3 is 4.74 Å². The van der Waals surface area contributed by atoms with Gasteiger partial charge >= 0.3 is 5.97 Å². The zero-order chi connectivity index (χ0) is 17.1. The minimum atomic E-state index is -0.449. The Morgan fingerprint density at radius 3 is 2.43 bits per heavy atom. The monoisotopic (exact) mass is 316 g/mol. The van der Waals surface area contributed by atoms with Crippen molar-refractivity contribution in [2.75, 3.05) is 6.61 Å². The smallest absolute Gasteiger partial charge is 0.327 e. The number of hydrogen-bond donors (Lipinski definition) is 0. The highest BCUT2D eigenvalue weighted by Crippen LogP contribution is 2.25. The molecule has 0 spiro atoms. The molecule has 0 N–H and O–H groups in total. The quantitative estimate of drug-likeness (QED) is 0.795. The molecule has 124 valence electrons. The highest BCUT2D eigenvalue weighted by atomic mass is 16.5. The molecule has 23 heavy (non-hydrogen) atoms. The molecule has 0 aliphatic rings. The standard InChI is InChI=1S/C18H24N2O3/c1-6-23-16(21)10-20-18(22)14-8-7-13(11(2)3)9-15(14)17(19-20)12(4)5/h7-9,11-12H,6,10H2,1-5H3. The van der Waals surface area contributed by atoms with E-state index in [0.717, 1.165) is 11.1 Å². The van der Waals surface area contributed by atoms with Crippen LogP contribution in [0, 0.1) is 0 Å². The molecule has 2 rings (SSSR count). The summed E-state index contributed by atoms with van der Waals surface area (Å²) in [7, 11) is 0. The number of fused-ring (bicyclic) bond motifs is 1. The van der Waals surface area contributed by atoms with E-state index in [0.29, 0.717) is 11.3 Å². The minimum absolute atomic E-state index is 0.147. The van der Waals surface area contributed by atoms with Crippen molar-refractivity contribution in [2.45, 2.75) is 53.0 Å². The maximum absolute atomic E-state index is 12.6. The normalized spacial score (nSPS) is 11.4. The van der Waals surface area contributed by atoms with Gasteiger partial charge in [0.15, 0.2) is 0 Å². The van der Waals surface area contributed by atoms with Crippen LogP contribution in [0.2, 0.25) is 0 Å². The van der Waals surface area contributed by atoms with Crippen LogP contribution in [0.4, 0.5) is 0 Å². The first kappa shape index (κ1) is 17.2. The van der Waals surface area contributed by atoms with Crippen LogP contribution in [-0.4, -0.2) is 22.4 Å². The summed E-state index contributed by atoms with van der Waals surface area (Å²) in [6.07, 6.45) is 0. The molecular formula is C18H24N2O3. The Morgan fingerprint density at radius 1 is 1.17 bits per heavy atom. The SMILES string of the molecule is CCOC(=O)Cn1nc(C(C)C)c2cc(C(C)C)ccc2c1=O. The lowest BCUT2D eigenvalue weighted by Crippen LogP contribution is -2.29. The lowest BCUT2D eigenvalue weighted by Gasteiger charge is -2.14. The average molecular weight is 316 g/mol. The van der Waals surface area contributed by atoms with Gasteiger partial charge in [0.1, 0.15) is 6.54 Å². The average Bonchev–Trinajstić information content (AvgIpc) is 2.49. The highest BCUT2D eigenvalue weighted by Gasteiger charge is 2.16. The summed E-state index contributed by atoms with van der Waals surface area (Å²) < 4.78 is 6.14. The maximum Gasteiger partial charge on any atom is 0.327 e. The van der Waals surface area contributed by atoms with E-state index in [4.69, 9.17) is 4.74 Å². The summed E-state index contributed by atoms with van der Waals surface area (Å²) in [4.78, 5) is 24.3. The van der Waals surface area contributed by atoms with Crippen LogP contribution in [0.3, 0.4) is 0 Å². The second-order valence-electron chi connectivity index (χ2n) is 6.27. The molecule has 2 aromatic rings. The third-order valence-corrected chi connectivity index (χ3v) is 3.81. The number of rotatable bonds is 5. The van der Waals surface area contributed by atoms with E-state index < -0.39 is 5.97 Å². The highest BCUT2D eigenvalue weighted by molar-refractivity contribution is 5.85. The van der Waals surface area contributed by atoms with Gasteiger partial charge in [0.2, 0.25) is 0 Å². The molecule has 0 fully saturated rings. The minimum Gasteiger partial charge on any atom is -0.465 e. The van der Waals surface area contributed by atoms with Crippen LogP contribution < -0.4 is 5.56 Å². The maximum atomic E-state index is 12.6. The first-order valence-electron chi connectivity index (χ1n) is 8.05. The summed E-state index contributed by atoms with van der Waals surface area (Å²) in [5.74, 6) is 0.0743. The van der Waals surface area contributed by atoms with Gasteiger partial charge in [-0.2, -0.15) is 5.10 Å².